The smallest absolute Gasteiger partial charge is 0.359 e. The first-order chi connectivity index (χ1) is 11.3. The molecule has 0 spiro atoms. The van der Waals surface area contributed by atoms with Crippen LogP contribution >= 0.6 is 0 Å². The average molecular weight is 336 g/mol. The van der Waals surface area contributed by atoms with Crippen molar-refractivity contribution in [2.24, 2.45) is 10.7 Å². The molecular formula is C13H13FN6O4. The van der Waals surface area contributed by atoms with E-state index < -0.39 is 29.3 Å². The molecule has 1 aromatic heterocycles. The van der Waals surface area contributed by atoms with Crippen molar-refractivity contribution in [3.8, 4) is 0 Å². The maximum absolute atomic E-state index is 13.7. The number of carbonyl (C=O) groups is 2. The van der Waals surface area contributed by atoms with Crippen LogP contribution in [-0.2, 0) is 4.74 Å². The second-order valence-corrected chi connectivity index (χ2v) is 4.58. The number of urea groups is 1. The Hall–Kier alpha value is -3.50. The van der Waals surface area contributed by atoms with E-state index in [4.69, 9.17) is 11.1 Å². The number of esters is 1. The molecule has 0 fully saturated rings. The Morgan fingerprint density at radius 3 is 2.75 bits per heavy atom. The summed E-state index contributed by atoms with van der Waals surface area (Å²) in [6.07, 6.45) is 0.938. The van der Waals surface area contributed by atoms with Crippen molar-refractivity contribution in [2.75, 3.05) is 12.4 Å². The Labute approximate surface area is 134 Å². The van der Waals surface area contributed by atoms with E-state index in [9.17, 15) is 19.1 Å². The number of anilines is 1. The number of aliphatic hydroxyl groups is 1. The molecule has 1 aliphatic heterocycles. The minimum Gasteiger partial charge on any atom is -0.510 e. The zero-order chi connectivity index (χ0) is 17.9. The van der Waals surface area contributed by atoms with E-state index in [1.165, 1.54) is 0 Å². The monoisotopic (exact) mass is 336 g/mol. The molecule has 0 saturated carbocycles. The maximum atomic E-state index is 13.7. The molecule has 0 unspecified atom stereocenters. The lowest BCUT2D eigenvalue weighted by molar-refractivity contribution is 0.0588. The number of aliphatic imine (C=N–C) groups is 1. The van der Waals surface area contributed by atoms with Gasteiger partial charge in [-0.25, -0.2) is 24.0 Å². The van der Waals surface area contributed by atoms with E-state index in [2.05, 4.69) is 25.3 Å². The number of halogens is 1. The maximum Gasteiger partial charge on any atom is 0.359 e. The standard InChI is InChI=1S/C13H13FN6O4/c1-24-12(22)9-6(14)2-5(4-17-9)18-13(23)20-10-7(21)3-8(15)19-11(10)16/h2,4,21H,3H2,1H3,(H3,15,16,19)(H2,18,20,23). The zero-order valence-corrected chi connectivity index (χ0v) is 12.4. The van der Waals surface area contributed by atoms with Crippen LogP contribution < -0.4 is 16.4 Å². The van der Waals surface area contributed by atoms with Gasteiger partial charge in [0, 0.05) is 6.07 Å². The predicted molar refractivity (Wildman–Crippen MR) is 81.3 cm³/mol. The van der Waals surface area contributed by atoms with Gasteiger partial charge < -0.3 is 26.2 Å². The lowest BCUT2D eigenvalue weighted by atomic mass is 10.2. The topological polar surface area (TPSA) is 163 Å². The van der Waals surface area contributed by atoms with Gasteiger partial charge in [0.1, 0.15) is 17.3 Å². The molecular weight excluding hydrogens is 323 g/mol. The fourth-order valence-corrected chi connectivity index (χ4v) is 1.80. The second-order valence-electron chi connectivity index (χ2n) is 4.58. The number of methoxy groups -OCH3 is 1. The van der Waals surface area contributed by atoms with Crippen LogP contribution in [0.5, 0.6) is 0 Å². The van der Waals surface area contributed by atoms with Crippen LogP contribution in [0.25, 0.3) is 0 Å². The minimum absolute atomic E-state index is 0.0353. The van der Waals surface area contributed by atoms with E-state index in [-0.39, 0.29) is 29.4 Å². The lowest BCUT2D eigenvalue weighted by Gasteiger charge is -2.16. The van der Waals surface area contributed by atoms with Gasteiger partial charge in [0.15, 0.2) is 17.3 Å². The average Bonchev–Trinajstić information content (AvgIpc) is 2.50. The Morgan fingerprint density at radius 1 is 1.46 bits per heavy atom. The van der Waals surface area contributed by atoms with Gasteiger partial charge in [-0.15, -0.1) is 0 Å². The number of nitrogens with zero attached hydrogens (tertiary/aromatic N) is 2. The molecule has 1 aromatic rings. The van der Waals surface area contributed by atoms with Crippen LogP contribution in [0.2, 0.25) is 0 Å². The number of aromatic nitrogens is 1. The number of nitrogens with two attached hydrogens (primary N) is 1. The van der Waals surface area contributed by atoms with Gasteiger partial charge in [-0.1, -0.05) is 0 Å². The summed E-state index contributed by atoms with van der Waals surface area (Å²) in [4.78, 5) is 30.3. The summed E-state index contributed by atoms with van der Waals surface area (Å²) in [6.45, 7) is 0. The third-order valence-corrected chi connectivity index (χ3v) is 2.85. The first kappa shape index (κ1) is 16.9. The molecule has 0 aliphatic carbocycles. The Kier molecular flexibility index (Phi) is 4.73. The molecule has 0 bridgehead atoms. The summed E-state index contributed by atoms with van der Waals surface area (Å²) in [5.41, 5.74) is 4.60. The summed E-state index contributed by atoms with van der Waals surface area (Å²) in [5, 5.41) is 21.7. The summed E-state index contributed by atoms with van der Waals surface area (Å²) in [5.74, 6) is -2.65. The first-order valence-electron chi connectivity index (χ1n) is 6.47. The summed E-state index contributed by atoms with van der Waals surface area (Å²) in [7, 11) is 1.08. The van der Waals surface area contributed by atoms with E-state index in [1.54, 1.807) is 0 Å². The number of amides is 2. The summed E-state index contributed by atoms with van der Waals surface area (Å²) < 4.78 is 18.1. The summed E-state index contributed by atoms with van der Waals surface area (Å²) >= 11 is 0. The molecule has 1 aliphatic rings. The Balaban J connectivity index is 2.08. The number of rotatable bonds is 3. The van der Waals surface area contributed by atoms with Crippen LogP contribution in [0.15, 0.2) is 28.7 Å². The molecule has 0 aromatic carbocycles. The normalized spacial score (nSPS) is 14.1. The number of hydrogen-bond donors (Lipinski definition) is 5. The molecule has 24 heavy (non-hydrogen) atoms. The molecule has 10 nitrogen and oxygen atoms in total. The molecule has 0 radical (unpaired) electrons. The third kappa shape index (κ3) is 3.63. The quantitative estimate of drug-likeness (QED) is 0.508. The highest BCUT2D eigenvalue weighted by Crippen LogP contribution is 2.14. The van der Waals surface area contributed by atoms with Gasteiger partial charge >= 0.3 is 12.0 Å². The molecule has 2 amide bonds. The largest absolute Gasteiger partial charge is 0.510 e. The number of dihydropyridines is 1. The molecule has 11 heteroatoms. The number of pyridine rings is 1. The lowest BCUT2D eigenvalue weighted by Crippen LogP contribution is -2.35. The Bertz CT molecular complexity index is 789. The SMILES string of the molecule is COC(=O)c1ncc(NC(=O)NC2=C(O)CC(N)=NC2=N)cc1F. The highest BCUT2D eigenvalue weighted by molar-refractivity contribution is 6.10. The number of carbonyl (C=O) groups excluding carboxylic acids is 2. The van der Waals surface area contributed by atoms with Gasteiger partial charge in [-0.3, -0.25) is 5.41 Å². The first-order valence-corrected chi connectivity index (χ1v) is 6.47. The fraction of sp³-hybridized carbons (Fsp3) is 0.154. The summed E-state index contributed by atoms with van der Waals surface area (Å²) in [6, 6.07) is -0.000865. The predicted octanol–water partition coefficient (Wildman–Crippen LogP) is 0.637. The number of amidine groups is 2. The number of ether oxygens (including phenoxy) is 1. The van der Waals surface area contributed by atoms with Gasteiger partial charge in [-0.2, -0.15) is 0 Å². The van der Waals surface area contributed by atoms with Crippen molar-refractivity contribution >= 4 is 29.4 Å². The van der Waals surface area contributed by atoms with Crippen LogP contribution in [0, 0.1) is 11.2 Å². The van der Waals surface area contributed by atoms with Crippen LogP contribution in [0.3, 0.4) is 0 Å². The van der Waals surface area contributed by atoms with E-state index in [0.717, 1.165) is 19.4 Å². The van der Waals surface area contributed by atoms with Gasteiger partial charge in [0.25, 0.3) is 0 Å². The second kappa shape index (κ2) is 6.73. The van der Waals surface area contributed by atoms with Crippen LogP contribution in [0.4, 0.5) is 14.9 Å². The van der Waals surface area contributed by atoms with Crippen molar-refractivity contribution in [2.45, 2.75) is 6.42 Å². The zero-order valence-electron chi connectivity index (χ0n) is 12.4. The van der Waals surface area contributed by atoms with Crippen molar-refractivity contribution < 1.29 is 23.8 Å². The molecule has 0 atom stereocenters. The van der Waals surface area contributed by atoms with Crippen molar-refractivity contribution in [1.29, 1.82) is 5.41 Å². The fourth-order valence-electron chi connectivity index (χ4n) is 1.80. The third-order valence-electron chi connectivity index (χ3n) is 2.85. The van der Waals surface area contributed by atoms with Gasteiger partial charge in [0.2, 0.25) is 0 Å². The molecule has 6 N–H and O–H groups in total. The highest BCUT2D eigenvalue weighted by atomic mass is 19.1. The molecule has 2 heterocycles. The van der Waals surface area contributed by atoms with Crippen LogP contribution in [-0.4, -0.2) is 40.9 Å². The van der Waals surface area contributed by atoms with Gasteiger partial charge in [-0.05, 0) is 0 Å². The van der Waals surface area contributed by atoms with Crippen molar-refractivity contribution in [3.05, 3.63) is 35.2 Å². The molecule has 0 saturated heterocycles. The number of hydrogen-bond acceptors (Lipinski definition) is 7. The highest BCUT2D eigenvalue weighted by Gasteiger charge is 2.21. The van der Waals surface area contributed by atoms with Crippen molar-refractivity contribution in [3.63, 3.8) is 0 Å². The molecule has 126 valence electrons. The Morgan fingerprint density at radius 2 is 2.17 bits per heavy atom. The molecule has 2 rings (SSSR count). The van der Waals surface area contributed by atoms with E-state index in [1.807, 2.05) is 0 Å². The van der Waals surface area contributed by atoms with Crippen LogP contribution in [0.1, 0.15) is 16.9 Å². The minimum atomic E-state index is -0.982. The number of nitrogens with one attached hydrogen (secondary N) is 3. The number of aliphatic hydroxyl groups excluding tert-OH is 1. The van der Waals surface area contributed by atoms with Crippen molar-refractivity contribution in [1.82, 2.24) is 10.3 Å². The van der Waals surface area contributed by atoms with E-state index >= 15 is 0 Å². The van der Waals surface area contributed by atoms with E-state index in [0.29, 0.717) is 0 Å². The van der Waals surface area contributed by atoms with Gasteiger partial charge in [0.05, 0.1) is 25.4 Å².